The van der Waals surface area contributed by atoms with Gasteiger partial charge in [0.1, 0.15) is 0 Å². The standard InChI is InChI=1S/C19H28N4O3S.2ClH/c1-16-2-4-18(5-3-16)27(25,26)23-12-10-22(11-13-23)15-19(24)21-14-17-6-8-20-9-7-17;;/h2-6,20H,7-15H2,1H3,(H,21,24);2*1H. The Morgan fingerprint density at radius 1 is 1.10 bits per heavy atom. The van der Waals surface area contributed by atoms with E-state index in [1.807, 2.05) is 24.0 Å². The Balaban J connectivity index is 0.00000210. The number of nitrogens with one attached hydrogen (secondary N) is 2. The predicted octanol–water partition coefficient (Wildman–Crippen LogP) is 1.18. The number of sulfonamides is 1. The van der Waals surface area contributed by atoms with Crippen LogP contribution in [0.4, 0.5) is 0 Å². The number of hydrogen-bond acceptors (Lipinski definition) is 5. The van der Waals surface area contributed by atoms with Gasteiger partial charge in [-0.2, -0.15) is 4.31 Å². The molecule has 1 aromatic rings. The molecule has 29 heavy (non-hydrogen) atoms. The molecule has 2 N–H and O–H groups in total. The van der Waals surface area contributed by atoms with Crippen LogP contribution in [0.25, 0.3) is 0 Å². The molecule has 0 atom stereocenters. The van der Waals surface area contributed by atoms with Gasteiger partial charge in [0, 0.05) is 39.3 Å². The highest BCUT2D eigenvalue weighted by atomic mass is 35.5. The molecule has 164 valence electrons. The van der Waals surface area contributed by atoms with Crippen molar-refractivity contribution in [1.82, 2.24) is 19.8 Å². The Labute approximate surface area is 185 Å². The number of amides is 1. The molecule has 0 unspecified atom stereocenters. The zero-order valence-corrected chi connectivity index (χ0v) is 19.0. The van der Waals surface area contributed by atoms with E-state index in [9.17, 15) is 13.2 Å². The summed E-state index contributed by atoms with van der Waals surface area (Å²) < 4.78 is 26.9. The van der Waals surface area contributed by atoms with Gasteiger partial charge in [0.15, 0.2) is 0 Å². The molecule has 3 rings (SSSR count). The lowest BCUT2D eigenvalue weighted by Gasteiger charge is -2.33. The molecule has 0 saturated carbocycles. The molecular weight excluding hydrogens is 435 g/mol. The van der Waals surface area contributed by atoms with Gasteiger partial charge in [-0.15, -0.1) is 24.8 Å². The summed E-state index contributed by atoms with van der Waals surface area (Å²) in [6.07, 6.45) is 3.09. The van der Waals surface area contributed by atoms with Gasteiger partial charge in [0.2, 0.25) is 15.9 Å². The Morgan fingerprint density at radius 2 is 1.76 bits per heavy atom. The summed E-state index contributed by atoms with van der Waals surface area (Å²) in [4.78, 5) is 14.5. The molecule has 1 saturated heterocycles. The fourth-order valence-corrected chi connectivity index (χ4v) is 4.71. The van der Waals surface area contributed by atoms with Crippen molar-refractivity contribution in [3.05, 3.63) is 41.5 Å². The lowest BCUT2D eigenvalue weighted by Crippen LogP contribution is -2.51. The van der Waals surface area contributed by atoms with Crippen LogP contribution in [0.2, 0.25) is 0 Å². The maximum Gasteiger partial charge on any atom is 0.243 e. The molecule has 7 nitrogen and oxygen atoms in total. The fourth-order valence-electron chi connectivity index (χ4n) is 3.29. The third-order valence-electron chi connectivity index (χ3n) is 5.03. The van der Waals surface area contributed by atoms with Gasteiger partial charge in [-0.25, -0.2) is 8.42 Å². The molecule has 1 fully saturated rings. The second kappa shape index (κ2) is 11.9. The molecule has 2 aliphatic heterocycles. The largest absolute Gasteiger partial charge is 0.351 e. The summed E-state index contributed by atoms with van der Waals surface area (Å²) in [5, 5.41) is 6.21. The molecule has 1 aromatic carbocycles. The van der Waals surface area contributed by atoms with E-state index in [4.69, 9.17) is 0 Å². The summed E-state index contributed by atoms with van der Waals surface area (Å²) in [6, 6.07) is 6.93. The van der Waals surface area contributed by atoms with Crippen LogP contribution in [0.15, 0.2) is 40.8 Å². The molecule has 1 amide bonds. The van der Waals surface area contributed by atoms with Crippen molar-refractivity contribution < 1.29 is 13.2 Å². The zero-order chi connectivity index (χ0) is 19.3. The van der Waals surface area contributed by atoms with Crippen molar-refractivity contribution >= 4 is 40.7 Å². The number of nitrogens with zero attached hydrogens (tertiary/aromatic N) is 2. The Morgan fingerprint density at radius 3 is 2.34 bits per heavy atom. The first kappa shape index (κ1) is 25.9. The van der Waals surface area contributed by atoms with Gasteiger partial charge in [-0.3, -0.25) is 9.69 Å². The van der Waals surface area contributed by atoms with Crippen LogP contribution in [0.1, 0.15) is 12.0 Å². The summed E-state index contributed by atoms with van der Waals surface area (Å²) in [6.45, 7) is 6.59. The number of halogens is 2. The van der Waals surface area contributed by atoms with Crippen LogP contribution in [-0.2, 0) is 14.8 Å². The van der Waals surface area contributed by atoms with Gasteiger partial charge in [0.05, 0.1) is 11.4 Å². The number of rotatable bonds is 6. The fraction of sp³-hybridized carbons (Fsp3) is 0.526. The normalized spacial score (nSPS) is 18.2. The number of carbonyl (C=O) groups is 1. The van der Waals surface area contributed by atoms with Gasteiger partial charge >= 0.3 is 0 Å². The van der Waals surface area contributed by atoms with E-state index in [1.165, 1.54) is 9.88 Å². The minimum atomic E-state index is -3.46. The quantitative estimate of drug-likeness (QED) is 0.617. The summed E-state index contributed by atoms with van der Waals surface area (Å²) in [7, 11) is -3.46. The maximum atomic E-state index is 12.7. The van der Waals surface area contributed by atoms with Crippen LogP contribution in [0, 0.1) is 6.92 Å². The summed E-state index contributed by atoms with van der Waals surface area (Å²) in [5.74, 6) is -0.00993. The van der Waals surface area contributed by atoms with E-state index in [2.05, 4.69) is 16.7 Å². The average Bonchev–Trinajstić information content (AvgIpc) is 2.68. The zero-order valence-electron chi connectivity index (χ0n) is 16.6. The van der Waals surface area contributed by atoms with Gasteiger partial charge in [0.25, 0.3) is 0 Å². The van der Waals surface area contributed by atoms with E-state index < -0.39 is 10.0 Å². The van der Waals surface area contributed by atoms with Crippen molar-refractivity contribution in [1.29, 1.82) is 0 Å². The predicted molar refractivity (Wildman–Crippen MR) is 119 cm³/mol. The topological polar surface area (TPSA) is 81.8 Å². The SMILES string of the molecule is Cc1ccc(S(=O)(=O)N2CCN(CC(=O)NCC3=CCNCC3)CC2)cc1.Cl.Cl. The van der Waals surface area contributed by atoms with Gasteiger partial charge in [-0.1, -0.05) is 29.3 Å². The Kier molecular flexibility index (Phi) is 10.6. The molecule has 0 spiro atoms. The Hall–Kier alpha value is -1.16. The lowest BCUT2D eigenvalue weighted by atomic mass is 10.1. The molecular formula is C19H30Cl2N4O3S. The molecule has 0 radical (unpaired) electrons. The number of carbonyl (C=O) groups excluding carboxylic acids is 1. The van der Waals surface area contributed by atoms with Gasteiger partial charge in [-0.05, 0) is 32.0 Å². The molecule has 0 bridgehead atoms. The molecule has 0 aliphatic carbocycles. The highest BCUT2D eigenvalue weighted by Crippen LogP contribution is 2.18. The third-order valence-corrected chi connectivity index (χ3v) is 6.94. The highest BCUT2D eigenvalue weighted by molar-refractivity contribution is 7.89. The minimum Gasteiger partial charge on any atom is -0.351 e. The van der Waals surface area contributed by atoms with Crippen LogP contribution in [0.5, 0.6) is 0 Å². The summed E-state index contributed by atoms with van der Waals surface area (Å²) >= 11 is 0. The van der Waals surface area contributed by atoms with E-state index in [1.54, 1.807) is 12.1 Å². The van der Waals surface area contributed by atoms with Crippen LogP contribution in [0.3, 0.4) is 0 Å². The monoisotopic (exact) mass is 464 g/mol. The van der Waals surface area contributed by atoms with Crippen LogP contribution < -0.4 is 10.6 Å². The maximum absolute atomic E-state index is 12.7. The highest BCUT2D eigenvalue weighted by Gasteiger charge is 2.28. The van der Waals surface area contributed by atoms with E-state index in [0.717, 1.165) is 25.1 Å². The number of hydrogen-bond donors (Lipinski definition) is 2. The van der Waals surface area contributed by atoms with E-state index in [-0.39, 0.29) is 30.7 Å². The van der Waals surface area contributed by atoms with E-state index >= 15 is 0 Å². The van der Waals surface area contributed by atoms with E-state index in [0.29, 0.717) is 44.2 Å². The number of piperazine rings is 1. The van der Waals surface area contributed by atoms with Crippen LogP contribution in [-0.4, -0.2) is 75.9 Å². The number of benzene rings is 1. The average molecular weight is 465 g/mol. The molecule has 2 aliphatic rings. The molecule has 10 heteroatoms. The van der Waals surface area contributed by atoms with Crippen molar-refractivity contribution in [2.45, 2.75) is 18.2 Å². The lowest BCUT2D eigenvalue weighted by molar-refractivity contribution is -0.122. The van der Waals surface area contributed by atoms with Crippen molar-refractivity contribution in [2.75, 3.05) is 52.4 Å². The molecule has 0 aromatic heterocycles. The first-order valence-electron chi connectivity index (χ1n) is 9.39. The first-order valence-corrected chi connectivity index (χ1v) is 10.8. The van der Waals surface area contributed by atoms with Crippen molar-refractivity contribution in [2.24, 2.45) is 0 Å². The second-order valence-electron chi connectivity index (χ2n) is 7.09. The van der Waals surface area contributed by atoms with Gasteiger partial charge < -0.3 is 10.6 Å². The van der Waals surface area contributed by atoms with Crippen molar-refractivity contribution in [3.63, 3.8) is 0 Å². The Bertz CT molecular complexity index is 792. The smallest absolute Gasteiger partial charge is 0.243 e. The van der Waals surface area contributed by atoms with Crippen LogP contribution >= 0.6 is 24.8 Å². The molecule has 2 heterocycles. The number of aryl methyl sites for hydroxylation is 1. The second-order valence-corrected chi connectivity index (χ2v) is 9.02. The third kappa shape index (κ3) is 7.24. The van der Waals surface area contributed by atoms with Crippen molar-refractivity contribution in [3.8, 4) is 0 Å². The minimum absolute atomic E-state index is 0. The first-order chi connectivity index (χ1) is 12.9. The summed E-state index contributed by atoms with van der Waals surface area (Å²) in [5.41, 5.74) is 2.29.